The van der Waals surface area contributed by atoms with Gasteiger partial charge in [-0.1, -0.05) is 0 Å². The lowest BCUT2D eigenvalue weighted by Crippen LogP contribution is -2.34. The molecule has 1 amide bonds. The van der Waals surface area contributed by atoms with E-state index in [0.717, 1.165) is 12.1 Å². The van der Waals surface area contributed by atoms with E-state index in [-0.39, 0.29) is 18.0 Å². The van der Waals surface area contributed by atoms with E-state index in [1.807, 2.05) is 0 Å². The van der Waals surface area contributed by atoms with Crippen molar-refractivity contribution >= 4 is 5.91 Å². The molecule has 2 rings (SSSR count). The number of halogens is 2. The summed E-state index contributed by atoms with van der Waals surface area (Å²) in [5.41, 5.74) is -0.0621. The number of hydrogen-bond donors (Lipinski definition) is 3. The first-order valence-electron chi connectivity index (χ1n) is 5.69. The Morgan fingerprint density at radius 1 is 1.33 bits per heavy atom. The number of carbonyl (C=O) groups is 1. The molecule has 98 valence electrons. The van der Waals surface area contributed by atoms with Crippen LogP contribution in [0.1, 0.15) is 10.4 Å². The molecule has 1 aromatic carbocycles. The summed E-state index contributed by atoms with van der Waals surface area (Å²) in [6.07, 6.45) is -0.505. The standard InChI is InChI=1S/C12H14F2N2O2/c13-9-1-7(2-10(14)3-9)12(18)16-5-8-4-15-6-11(8)17/h1-3,8,11,15,17H,4-6H2,(H,16,18). The smallest absolute Gasteiger partial charge is 0.251 e. The summed E-state index contributed by atoms with van der Waals surface area (Å²) in [7, 11) is 0. The van der Waals surface area contributed by atoms with Crippen LogP contribution in [-0.4, -0.2) is 36.8 Å². The fourth-order valence-electron chi connectivity index (χ4n) is 1.94. The minimum atomic E-state index is -0.789. The van der Waals surface area contributed by atoms with Crippen molar-refractivity contribution in [3.63, 3.8) is 0 Å². The van der Waals surface area contributed by atoms with Gasteiger partial charge in [0.2, 0.25) is 0 Å². The van der Waals surface area contributed by atoms with Crippen molar-refractivity contribution in [2.45, 2.75) is 6.10 Å². The zero-order chi connectivity index (χ0) is 13.1. The molecule has 1 aliphatic heterocycles. The molecular formula is C12H14F2N2O2. The van der Waals surface area contributed by atoms with Gasteiger partial charge < -0.3 is 15.7 Å². The Balaban J connectivity index is 1.95. The zero-order valence-corrected chi connectivity index (χ0v) is 9.62. The summed E-state index contributed by atoms with van der Waals surface area (Å²) in [6.45, 7) is 1.37. The second-order valence-electron chi connectivity index (χ2n) is 4.35. The van der Waals surface area contributed by atoms with Crippen LogP contribution in [0.2, 0.25) is 0 Å². The third kappa shape index (κ3) is 3.02. The normalized spacial score (nSPS) is 23.1. The minimum absolute atomic E-state index is 0.0621. The van der Waals surface area contributed by atoms with Gasteiger partial charge in [0.15, 0.2) is 0 Å². The van der Waals surface area contributed by atoms with Gasteiger partial charge in [-0.25, -0.2) is 8.78 Å². The van der Waals surface area contributed by atoms with Crippen LogP contribution in [0.4, 0.5) is 8.78 Å². The molecule has 0 saturated carbocycles. The first-order valence-corrected chi connectivity index (χ1v) is 5.69. The van der Waals surface area contributed by atoms with Gasteiger partial charge >= 0.3 is 0 Å². The number of benzene rings is 1. The molecule has 0 aromatic heterocycles. The Bertz CT molecular complexity index is 433. The SMILES string of the molecule is O=C(NCC1CNCC1O)c1cc(F)cc(F)c1. The molecule has 1 saturated heterocycles. The maximum Gasteiger partial charge on any atom is 0.251 e. The quantitative estimate of drug-likeness (QED) is 0.727. The number of nitrogens with one attached hydrogen (secondary N) is 2. The molecule has 1 aromatic rings. The highest BCUT2D eigenvalue weighted by molar-refractivity contribution is 5.94. The van der Waals surface area contributed by atoms with E-state index in [1.54, 1.807) is 0 Å². The predicted molar refractivity (Wildman–Crippen MR) is 61.1 cm³/mol. The van der Waals surface area contributed by atoms with Crippen LogP contribution in [0.5, 0.6) is 0 Å². The largest absolute Gasteiger partial charge is 0.391 e. The zero-order valence-electron chi connectivity index (χ0n) is 9.62. The van der Waals surface area contributed by atoms with E-state index in [1.165, 1.54) is 0 Å². The molecule has 2 atom stereocenters. The average Bonchev–Trinajstić information content (AvgIpc) is 2.70. The van der Waals surface area contributed by atoms with Gasteiger partial charge in [0.05, 0.1) is 6.10 Å². The maximum absolute atomic E-state index is 12.9. The highest BCUT2D eigenvalue weighted by atomic mass is 19.1. The molecule has 4 nitrogen and oxygen atoms in total. The summed E-state index contributed by atoms with van der Waals surface area (Å²) >= 11 is 0. The summed E-state index contributed by atoms with van der Waals surface area (Å²) in [5, 5.41) is 15.1. The van der Waals surface area contributed by atoms with E-state index in [4.69, 9.17) is 0 Å². The number of hydrogen-bond acceptors (Lipinski definition) is 3. The Hall–Kier alpha value is -1.53. The van der Waals surface area contributed by atoms with Gasteiger partial charge in [0, 0.05) is 37.2 Å². The monoisotopic (exact) mass is 256 g/mol. The molecule has 0 bridgehead atoms. The number of rotatable bonds is 3. The molecule has 3 N–H and O–H groups in total. The molecule has 6 heteroatoms. The van der Waals surface area contributed by atoms with Crippen molar-refractivity contribution in [3.8, 4) is 0 Å². The van der Waals surface area contributed by atoms with Crippen molar-refractivity contribution < 1.29 is 18.7 Å². The van der Waals surface area contributed by atoms with Gasteiger partial charge in [-0.3, -0.25) is 4.79 Å². The Labute approximate surface area is 103 Å². The van der Waals surface area contributed by atoms with E-state index < -0.39 is 23.6 Å². The van der Waals surface area contributed by atoms with Crippen molar-refractivity contribution in [1.82, 2.24) is 10.6 Å². The fraction of sp³-hybridized carbons (Fsp3) is 0.417. The summed E-state index contributed by atoms with van der Waals surface area (Å²) in [6, 6.07) is 2.66. The second kappa shape index (κ2) is 5.41. The van der Waals surface area contributed by atoms with Gasteiger partial charge in [0.25, 0.3) is 5.91 Å². The highest BCUT2D eigenvalue weighted by Crippen LogP contribution is 2.10. The molecular weight excluding hydrogens is 242 g/mol. The lowest BCUT2D eigenvalue weighted by molar-refractivity contribution is 0.0926. The number of carbonyl (C=O) groups excluding carboxylic acids is 1. The topological polar surface area (TPSA) is 61.4 Å². The van der Waals surface area contributed by atoms with Crippen molar-refractivity contribution in [3.05, 3.63) is 35.4 Å². The second-order valence-corrected chi connectivity index (χ2v) is 4.35. The molecule has 0 radical (unpaired) electrons. The van der Waals surface area contributed by atoms with Gasteiger partial charge in [-0.15, -0.1) is 0 Å². The minimum Gasteiger partial charge on any atom is -0.391 e. The molecule has 0 aliphatic carbocycles. The third-order valence-corrected chi connectivity index (χ3v) is 2.95. The van der Waals surface area contributed by atoms with Crippen LogP contribution < -0.4 is 10.6 Å². The molecule has 2 unspecified atom stereocenters. The first-order chi connectivity index (χ1) is 8.56. The highest BCUT2D eigenvalue weighted by Gasteiger charge is 2.25. The Kier molecular flexibility index (Phi) is 3.88. The lowest BCUT2D eigenvalue weighted by atomic mass is 10.1. The van der Waals surface area contributed by atoms with E-state index in [9.17, 15) is 18.7 Å². The number of aliphatic hydroxyl groups excluding tert-OH is 1. The molecule has 18 heavy (non-hydrogen) atoms. The predicted octanol–water partition coefficient (Wildman–Crippen LogP) is 0.275. The van der Waals surface area contributed by atoms with Crippen LogP contribution >= 0.6 is 0 Å². The van der Waals surface area contributed by atoms with Crippen LogP contribution in [0, 0.1) is 17.6 Å². The van der Waals surface area contributed by atoms with Crippen molar-refractivity contribution in [2.75, 3.05) is 19.6 Å². The van der Waals surface area contributed by atoms with Crippen molar-refractivity contribution in [2.24, 2.45) is 5.92 Å². The van der Waals surface area contributed by atoms with Crippen LogP contribution in [0.3, 0.4) is 0 Å². The Morgan fingerprint density at radius 3 is 2.56 bits per heavy atom. The lowest BCUT2D eigenvalue weighted by Gasteiger charge is -2.14. The number of aliphatic hydroxyl groups is 1. The van der Waals surface area contributed by atoms with E-state index in [0.29, 0.717) is 19.2 Å². The molecule has 0 spiro atoms. The maximum atomic E-state index is 12.9. The van der Waals surface area contributed by atoms with Gasteiger partial charge in [0.1, 0.15) is 11.6 Å². The Morgan fingerprint density at radius 2 is 2.00 bits per heavy atom. The first kappa shape index (κ1) is 12.9. The summed E-state index contributed by atoms with van der Waals surface area (Å²) < 4.78 is 25.8. The van der Waals surface area contributed by atoms with Crippen LogP contribution in [0.15, 0.2) is 18.2 Å². The average molecular weight is 256 g/mol. The molecule has 1 aliphatic rings. The fourth-order valence-corrected chi connectivity index (χ4v) is 1.94. The number of β-amino-alcohol motifs (C(OH)–C–C–N with tert-alkyl or cyclic N) is 1. The molecule has 1 heterocycles. The van der Waals surface area contributed by atoms with Gasteiger partial charge in [-0.05, 0) is 12.1 Å². The summed E-state index contributed by atoms with van der Waals surface area (Å²) in [4.78, 5) is 11.7. The van der Waals surface area contributed by atoms with Gasteiger partial charge in [-0.2, -0.15) is 0 Å². The molecule has 1 fully saturated rings. The van der Waals surface area contributed by atoms with E-state index in [2.05, 4.69) is 10.6 Å². The third-order valence-electron chi connectivity index (χ3n) is 2.95. The van der Waals surface area contributed by atoms with Crippen LogP contribution in [0.25, 0.3) is 0 Å². The number of amides is 1. The van der Waals surface area contributed by atoms with E-state index >= 15 is 0 Å². The van der Waals surface area contributed by atoms with Crippen molar-refractivity contribution in [1.29, 1.82) is 0 Å². The summed E-state index contributed by atoms with van der Waals surface area (Å²) in [5.74, 6) is -2.20. The van der Waals surface area contributed by atoms with Crippen LogP contribution in [-0.2, 0) is 0 Å².